The van der Waals surface area contributed by atoms with E-state index in [1.807, 2.05) is 32.9 Å². The first-order chi connectivity index (χ1) is 12.5. The van der Waals surface area contributed by atoms with Crippen molar-refractivity contribution < 1.29 is 13.9 Å². The minimum Gasteiger partial charge on any atom is -0.490 e. The van der Waals surface area contributed by atoms with Crippen LogP contribution in [-0.4, -0.2) is 12.7 Å². The first-order valence-corrected chi connectivity index (χ1v) is 9.28. The Labute approximate surface area is 162 Å². The van der Waals surface area contributed by atoms with Crippen LogP contribution in [0.3, 0.4) is 0 Å². The van der Waals surface area contributed by atoms with E-state index in [0.29, 0.717) is 29.2 Å². The van der Waals surface area contributed by atoms with E-state index in [1.165, 1.54) is 12.1 Å². The highest BCUT2D eigenvalue weighted by molar-refractivity contribution is 9.10. The summed E-state index contributed by atoms with van der Waals surface area (Å²) in [5, 5.41) is 9.47. The zero-order valence-electron chi connectivity index (χ0n) is 15.1. The number of hydrogen-bond donors (Lipinski definition) is 0. The lowest BCUT2D eigenvalue weighted by Gasteiger charge is -2.18. The third-order valence-electron chi connectivity index (χ3n) is 3.79. The van der Waals surface area contributed by atoms with E-state index < -0.39 is 0 Å². The molecule has 0 heterocycles. The lowest BCUT2D eigenvalue weighted by molar-refractivity contribution is 0.202. The fourth-order valence-electron chi connectivity index (χ4n) is 2.34. The highest BCUT2D eigenvalue weighted by Crippen LogP contribution is 2.38. The molecule has 26 heavy (non-hydrogen) atoms. The molecule has 136 valence electrons. The van der Waals surface area contributed by atoms with Crippen LogP contribution in [0.4, 0.5) is 4.39 Å². The molecule has 0 saturated carbocycles. The first kappa shape index (κ1) is 20.0. The van der Waals surface area contributed by atoms with Gasteiger partial charge in [-0.25, -0.2) is 4.39 Å². The second-order valence-corrected chi connectivity index (χ2v) is 6.63. The molecule has 0 aliphatic heterocycles. The van der Waals surface area contributed by atoms with Gasteiger partial charge in [0.1, 0.15) is 5.82 Å². The normalized spacial score (nSPS) is 12.4. The molecule has 0 fully saturated rings. The van der Waals surface area contributed by atoms with E-state index in [1.54, 1.807) is 18.2 Å². The van der Waals surface area contributed by atoms with Crippen molar-refractivity contribution in [2.24, 2.45) is 0 Å². The number of halogens is 2. The third kappa shape index (κ3) is 5.09. The van der Waals surface area contributed by atoms with Gasteiger partial charge in [-0.3, -0.25) is 0 Å². The second-order valence-electron chi connectivity index (χ2n) is 5.78. The average Bonchev–Trinajstić information content (AvgIpc) is 2.62. The molecule has 2 rings (SSSR count). The van der Waals surface area contributed by atoms with Crippen molar-refractivity contribution in [3.63, 3.8) is 0 Å². The summed E-state index contributed by atoms with van der Waals surface area (Å²) >= 11 is 3.53. The topological polar surface area (TPSA) is 42.2 Å². The average molecular weight is 418 g/mol. The van der Waals surface area contributed by atoms with Gasteiger partial charge in [0.25, 0.3) is 0 Å². The van der Waals surface area contributed by atoms with Gasteiger partial charge in [-0.1, -0.05) is 19.1 Å². The Bertz CT molecular complexity index is 842. The van der Waals surface area contributed by atoms with Gasteiger partial charge in [0.2, 0.25) is 0 Å². The lowest BCUT2D eigenvalue weighted by Crippen LogP contribution is -2.11. The summed E-state index contributed by atoms with van der Waals surface area (Å²) in [5.74, 6) is 0.865. The van der Waals surface area contributed by atoms with Gasteiger partial charge < -0.3 is 9.47 Å². The fourth-order valence-corrected chi connectivity index (χ4v) is 2.89. The van der Waals surface area contributed by atoms with Crippen molar-refractivity contribution in [3.8, 4) is 17.6 Å². The van der Waals surface area contributed by atoms with E-state index in [9.17, 15) is 9.65 Å². The van der Waals surface area contributed by atoms with Crippen LogP contribution in [0, 0.1) is 17.1 Å². The summed E-state index contributed by atoms with van der Waals surface area (Å²) < 4.78 is 25.9. The molecule has 0 N–H and O–H groups in total. The predicted molar refractivity (Wildman–Crippen MR) is 106 cm³/mol. The summed E-state index contributed by atoms with van der Waals surface area (Å²) in [7, 11) is 0. The van der Waals surface area contributed by atoms with Crippen molar-refractivity contribution in [1.82, 2.24) is 0 Å². The molecular weight excluding hydrogens is 397 g/mol. The van der Waals surface area contributed by atoms with Crippen LogP contribution >= 0.6 is 15.9 Å². The van der Waals surface area contributed by atoms with E-state index in [2.05, 4.69) is 22.0 Å². The van der Waals surface area contributed by atoms with Crippen molar-refractivity contribution in [1.29, 1.82) is 5.26 Å². The number of hydrogen-bond acceptors (Lipinski definition) is 3. The van der Waals surface area contributed by atoms with Gasteiger partial charge in [-0.05, 0) is 77.7 Å². The largest absolute Gasteiger partial charge is 0.490 e. The third-order valence-corrected chi connectivity index (χ3v) is 4.38. The maximum Gasteiger partial charge on any atom is 0.175 e. The minimum absolute atomic E-state index is 0.0499. The monoisotopic (exact) mass is 417 g/mol. The Kier molecular flexibility index (Phi) is 7.23. The highest BCUT2D eigenvalue weighted by atomic mass is 79.9. The quantitative estimate of drug-likeness (QED) is 0.396. The molecule has 3 nitrogen and oxygen atoms in total. The standard InChI is InChI=1S/C21H21BrFNO2/c1-4-14(3)26-21-19(22)10-15(11-20(21)25-5-2)9-17(13-24)16-7-6-8-18(23)12-16/h6-12,14H,4-5H2,1-3H3/b17-9-/t14-/m0/s1. The van der Waals surface area contributed by atoms with Crippen molar-refractivity contribution >= 4 is 27.6 Å². The molecule has 0 spiro atoms. The highest BCUT2D eigenvalue weighted by Gasteiger charge is 2.14. The summed E-state index contributed by atoms with van der Waals surface area (Å²) in [5.41, 5.74) is 1.66. The van der Waals surface area contributed by atoms with Crippen molar-refractivity contribution in [2.75, 3.05) is 6.61 Å². The minimum atomic E-state index is -0.378. The molecule has 2 aromatic rings. The molecule has 0 bridgehead atoms. The Morgan fingerprint density at radius 2 is 2.08 bits per heavy atom. The zero-order valence-corrected chi connectivity index (χ0v) is 16.6. The second kappa shape index (κ2) is 9.40. The molecule has 1 atom stereocenters. The van der Waals surface area contributed by atoms with Crippen LogP contribution in [-0.2, 0) is 0 Å². The number of rotatable bonds is 7. The number of allylic oxidation sites excluding steroid dienone is 1. The summed E-state index contributed by atoms with van der Waals surface area (Å²) in [4.78, 5) is 0. The molecule has 5 heteroatoms. The Balaban J connectivity index is 2.47. The van der Waals surface area contributed by atoms with E-state index >= 15 is 0 Å². The van der Waals surface area contributed by atoms with Gasteiger partial charge in [-0.2, -0.15) is 5.26 Å². The smallest absolute Gasteiger partial charge is 0.175 e. The maximum atomic E-state index is 13.5. The number of nitriles is 1. The Hall–Kier alpha value is -2.32. The lowest BCUT2D eigenvalue weighted by atomic mass is 10.0. The number of nitrogens with zero attached hydrogens (tertiary/aromatic N) is 1. The molecule has 0 unspecified atom stereocenters. The predicted octanol–water partition coefficient (Wildman–Crippen LogP) is 6.23. The van der Waals surface area contributed by atoms with E-state index in [0.717, 1.165) is 16.5 Å². The molecule has 2 aromatic carbocycles. The van der Waals surface area contributed by atoms with E-state index in [-0.39, 0.29) is 11.9 Å². The number of benzene rings is 2. The summed E-state index contributed by atoms with van der Waals surface area (Å²) in [6.45, 7) is 6.43. The van der Waals surface area contributed by atoms with Crippen LogP contribution in [0.2, 0.25) is 0 Å². The summed E-state index contributed by atoms with van der Waals surface area (Å²) in [6, 6.07) is 11.8. The van der Waals surface area contributed by atoms with Gasteiger partial charge in [0.15, 0.2) is 11.5 Å². The molecule has 0 aliphatic carbocycles. The molecular formula is C21H21BrFNO2. The summed E-state index contributed by atoms with van der Waals surface area (Å²) in [6.07, 6.45) is 2.63. The van der Waals surface area contributed by atoms with Gasteiger partial charge >= 0.3 is 0 Å². The van der Waals surface area contributed by atoms with Gasteiger partial charge in [-0.15, -0.1) is 0 Å². The fraction of sp³-hybridized carbons (Fsp3) is 0.286. The Morgan fingerprint density at radius 3 is 2.69 bits per heavy atom. The first-order valence-electron chi connectivity index (χ1n) is 8.49. The van der Waals surface area contributed by atoms with Gasteiger partial charge in [0, 0.05) is 0 Å². The molecule has 0 aromatic heterocycles. The van der Waals surface area contributed by atoms with Crippen LogP contribution in [0.25, 0.3) is 11.6 Å². The van der Waals surface area contributed by atoms with E-state index in [4.69, 9.17) is 9.47 Å². The number of ether oxygens (including phenoxy) is 2. The molecule has 0 saturated heterocycles. The maximum absolute atomic E-state index is 13.5. The van der Waals surface area contributed by atoms with Crippen molar-refractivity contribution in [3.05, 3.63) is 57.8 Å². The van der Waals surface area contributed by atoms with Crippen LogP contribution < -0.4 is 9.47 Å². The SMILES string of the molecule is CCOc1cc(/C=C(/C#N)c2cccc(F)c2)cc(Br)c1O[C@@H](C)CC. The van der Waals surface area contributed by atoms with Gasteiger partial charge in [0.05, 0.1) is 28.8 Å². The van der Waals surface area contributed by atoms with Crippen LogP contribution in [0.5, 0.6) is 11.5 Å². The van der Waals surface area contributed by atoms with Crippen LogP contribution in [0.15, 0.2) is 40.9 Å². The van der Waals surface area contributed by atoms with Crippen LogP contribution in [0.1, 0.15) is 38.3 Å². The van der Waals surface area contributed by atoms with Crippen molar-refractivity contribution in [2.45, 2.75) is 33.3 Å². The zero-order chi connectivity index (χ0) is 19.1. The Morgan fingerprint density at radius 1 is 1.31 bits per heavy atom. The molecule has 0 amide bonds. The molecule has 0 radical (unpaired) electrons. The molecule has 0 aliphatic rings.